The molecule has 0 bridgehead atoms. The molecule has 0 aliphatic carbocycles. The molecule has 0 aromatic carbocycles. The SMILES string of the molecule is CNc1cc(C(=O)N(C)C(C)CCSC)c([N+](=O)[O-])cn1. The van der Waals surface area contributed by atoms with Crippen molar-refractivity contribution in [3.8, 4) is 0 Å². The Morgan fingerprint density at radius 3 is 2.81 bits per heavy atom. The van der Waals surface area contributed by atoms with Gasteiger partial charge in [-0.05, 0) is 25.4 Å². The molecule has 0 saturated heterocycles. The standard InChI is InChI=1S/C13H20N4O3S/c1-9(5-6-21-4)16(3)13(18)10-7-12(14-2)15-8-11(10)17(19)20/h7-9H,5-6H2,1-4H3,(H,14,15). The average molecular weight is 312 g/mol. The van der Waals surface area contributed by atoms with Crippen molar-refractivity contribution in [3.63, 3.8) is 0 Å². The molecule has 1 amide bonds. The number of hydrogen-bond acceptors (Lipinski definition) is 6. The highest BCUT2D eigenvalue weighted by molar-refractivity contribution is 7.98. The van der Waals surface area contributed by atoms with Gasteiger partial charge in [0.1, 0.15) is 17.6 Å². The van der Waals surface area contributed by atoms with Crippen molar-refractivity contribution in [1.29, 1.82) is 0 Å². The fraction of sp³-hybridized carbons (Fsp3) is 0.538. The predicted molar refractivity (Wildman–Crippen MR) is 85.0 cm³/mol. The minimum Gasteiger partial charge on any atom is -0.373 e. The molecule has 1 aromatic heterocycles. The molecule has 1 unspecified atom stereocenters. The number of hydrogen-bond donors (Lipinski definition) is 1. The molecule has 8 heteroatoms. The van der Waals surface area contributed by atoms with E-state index in [1.54, 1.807) is 25.9 Å². The van der Waals surface area contributed by atoms with Gasteiger partial charge in [0.25, 0.3) is 11.6 Å². The summed E-state index contributed by atoms with van der Waals surface area (Å²) in [5.41, 5.74) is -0.222. The predicted octanol–water partition coefficient (Wildman–Crippen LogP) is 2.25. The molecule has 1 N–H and O–H groups in total. The van der Waals surface area contributed by atoms with Gasteiger partial charge in [-0.3, -0.25) is 14.9 Å². The van der Waals surface area contributed by atoms with E-state index in [0.717, 1.165) is 18.4 Å². The quantitative estimate of drug-likeness (QED) is 0.613. The number of amides is 1. The van der Waals surface area contributed by atoms with Crippen molar-refractivity contribution in [2.75, 3.05) is 31.4 Å². The molecule has 0 radical (unpaired) electrons. The van der Waals surface area contributed by atoms with Gasteiger partial charge in [-0.15, -0.1) is 0 Å². The molecule has 0 aliphatic heterocycles. The summed E-state index contributed by atoms with van der Waals surface area (Å²) in [6, 6.07) is 1.42. The van der Waals surface area contributed by atoms with Crippen molar-refractivity contribution in [2.45, 2.75) is 19.4 Å². The van der Waals surface area contributed by atoms with Crippen molar-refractivity contribution in [3.05, 3.63) is 27.9 Å². The molecule has 7 nitrogen and oxygen atoms in total. The summed E-state index contributed by atoms with van der Waals surface area (Å²) < 4.78 is 0. The number of anilines is 1. The molecule has 1 atom stereocenters. The number of thioether (sulfide) groups is 1. The first-order valence-corrected chi connectivity index (χ1v) is 7.90. The number of rotatable bonds is 7. The van der Waals surface area contributed by atoms with Gasteiger partial charge >= 0.3 is 0 Å². The second-order valence-corrected chi connectivity index (χ2v) is 5.63. The summed E-state index contributed by atoms with van der Waals surface area (Å²) in [6.07, 6.45) is 3.95. The lowest BCUT2D eigenvalue weighted by Crippen LogP contribution is -2.35. The van der Waals surface area contributed by atoms with Crippen LogP contribution in [-0.4, -0.2) is 52.9 Å². The number of nitrogens with zero attached hydrogens (tertiary/aromatic N) is 3. The van der Waals surface area contributed by atoms with E-state index in [1.807, 2.05) is 13.2 Å². The highest BCUT2D eigenvalue weighted by atomic mass is 32.2. The number of pyridine rings is 1. The van der Waals surface area contributed by atoms with Gasteiger partial charge in [-0.1, -0.05) is 0 Å². The number of carbonyl (C=O) groups is 1. The van der Waals surface area contributed by atoms with E-state index in [4.69, 9.17) is 0 Å². The molecule has 1 rings (SSSR count). The largest absolute Gasteiger partial charge is 0.373 e. The lowest BCUT2D eigenvalue weighted by molar-refractivity contribution is -0.385. The van der Waals surface area contributed by atoms with Crippen LogP contribution < -0.4 is 5.32 Å². The molecule has 116 valence electrons. The smallest absolute Gasteiger partial charge is 0.300 e. The third kappa shape index (κ3) is 4.32. The highest BCUT2D eigenvalue weighted by Gasteiger charge is 2.26. The summed E-state index contributed by atoms with van der Waals surface area (Å²) in [5.74, 6) is 0.988. The molecule has 1 aromatic rings. The number of aromatic nitrogens is 1. The fourth-order valence-corrected chi connectivity index (χ4v) is 2.35. The molecule has 0 spiro atoms. The molecule has 21 heavy (non-hydrogen) atoms. The van der Waals surface area contributed by atoms with Gasteiger partial charge in [0, 0.05) is 26.2 Å². The van der Waals surface area contributed by atoms with Crippen molar-refractivity contribution >= 4 is 29.2 Å². The summed E-state index contributed by atoms with van der Waals surface area (Å²) in [5, 5.41) is 13.8. The Labute approximate surface area is 128 Å². The van der Waals surface area contributed by atoms with Crippen LogP contribution in [0.25, 0.3) is 0 Å². The van der Waals surface area contributed by atoms with Crippen LogP contribution in [0.2, 0.25) is 0 Å². The third-order valence-electron chi connectivity index (χ3n) is 3.29. The Morgan fingerprint density at radius 2 is 2.29 bits per heavy atom. The van der Waals surface area contributed by atoms with E-state index >= 15 is 0 Å². The summed E-state index contributed by atoms with van der Waals surface area (Å²) in [7, 11) is 3.31. The Hall–Kier alpha value is -1.83. The van der Waals surface area contributed by atoms with Crippen LogP contribution in [0, 0.1) is 10.1 Å². The Morgan fingerprint density at radius 1 is 1.62 bits per heavy atom. The van der Waals surface area contributed by atoms with Gasteiger partial charge in [-0.25, -0.2) is 4.98 Å². The van der Waals surface area contributed by atoms with Crippen LogP contribution in [0.5, 0.6) is 0 Å². The molecular weight excluding hydrogens is 292 g/mol. The average Bonchev–Trinajstić information content (AvgIpc) is 2.50. The van der Waals surface area contributed by atoms with Crippen LogP contribution in [-0.2, 0) is 0 Å². The normalized spacial score (nSPS) is 11.8. The maximum atomic E-state index is 12.5. The van der Waals surface area contributed by atoms with E-state index in [9.17, 15) is 14.9 Å². The van der Waals surface area contributed by atoms with Crippen molar-refractivity contribution in [1.82, 2.24) is 9.88 Å². The zero-order chi connectivity index (χ0) is 16.0. The third-order valence-corrected chi connectivity index (χ3v) is 3.93. The monoisotopic (exact) mass is 312 g/mol. The van der Waals surface area contributed by atoms with Crippen molar-refractivity contribution < 1.29 is 9.72 Å². The maximum absolute atomic E-state index is 12.5. The molecule has 1 heterocycles. The van der Waals surface area contributed by atoms with E-state index in [0.29, 0.717) is 5.82 Å². The lowest BCUT2D eigenvalue weighted by Gasteiger charge is -2.24. The topological polar surface area (TPSA) is 88.4 Å². The first kappa shape index (κ1) is 17.2. The lowest BCUT2D eigenvalue weighted by atomic mass is 10.1. The first-order chi connectivity index (χ1) is 9.92. The second kappa shape index (κ2) is 7.82. The fourth-order valence-electron chi connectivity index (χ4n) is 1.77. The van der Waals surface area contributed by atoms with E-state index in [2.05, 4.69) is 10.3 Å². The zero-order valence-corrected chi connectivity index (χ0v) is 13.4. The van der Waals surface area contributed by atoms with Crippen LogP contribution in [0.1, 0.15) is 23.7 Å². The van der Waals surface area contributed by atoms with Gasteiger partial charge in [0.15, 0.2) is 0 Å². The second-order valence-electron chi connectivity index (χ2n) is 4.64. The van der Waals surface area contributed by atoms with Crippen molar-refractivity contribution in [2.24, 2.45) is 0 Å². The molecule has 0 saturated carbocycles. The van der Waals surface area contributed by atoms with E-state index in [-0.39, 0.29) is 23.2 Å². The number of carbonyl (C=O) groups excluding carboxylic acids is 1. The van der Waals surface area contributed by atoms with Gasteiger partial charge in [0.05, 0.1) is 4.92 Å². The minimum atomic E-state index is -0.583. The molecule has 0 aliphatic rings. The Kier molecular flexibility index (Phi) is 6.41. The van der Waals surface area contributed by atoms with Crippen LogP contribution in [0.3, 0.4) is 0 Å². The van der Waals surface area contributed by atoms with Gasteiger partial charge in [-0.2, -0.15) is 11.8 Å². The zero-order valence-electron chi connectivity index (χ0n) is 12.6. The molecular formula is C13H20N4O3S. The van der Waals surface area contributed by atoms with E-state index < -0.39 is 4.92 Å². The summed E-state index contributed by atoms with van der Waals surface area (Å²) >= 11 is 1.70. The Balaban J connectivity index is 3.06. The number of nitro groups is 1. The highest BCUT2D eigenvalue weighted by Crippen LogP contribution is 2.22. The van der Waals surface area contributed by atoms with Crippen LogP contribution >= 0.6 is 11.8 Å². The van der Waals surface area contributed by atoms with Gasteiger partial charge in [0.2, 0.25) is 0 Å². The maximum Gasteiger partial charge on any atom is 0.300 e. The summed E-state index contributed by atoms with van der Waals surface area (Å²) in [4.78, 5) is 28.4. The first-order valence-electron chi connectivity index (χ1n) is 6.50. The number of nitrogens with one attached hydrogen (secondary N) is 1. The van der Waals surface area contributed by atoms with E-state index in [1.165, 1.54) is 11.0 Å². The van der Waals surface area contributed by atoms with Gasteiger partial charge < -0.3 is 10.2 Å². The van der Waals surface area contributed by atoms with Crippen LogP contribution in [0.4, 0.5) is 11.5 Å². The molecule has 0 fully saturated rings. The van der Waals surface area contributed by atoms with Crippen LogP contribution in [0.15, 0.2) is 12.3 Å². The minimum absolute atomic E-state index is 0.00996. The Bertz CT molecular complexity index is 524. The summed E-state index contributed by atoms with van der Waals surface area (Å²) in [6.45, 7) is 1.93.